The van der Waals surface area contributed by atoms with E-state index in [1.165, 1.54) is 18.4 Å². The lowest BCUT2D eigenvalue weighted by molar-refractivity contribution is 0.172. The van der Waals surface area contributed by atoms with E-state index in [0.29, 0.717) is 24.0 Å². The van der Waals surface area contributed by atoms with Crippen LogP contribution in [0.15, 0.2) is 36.9 Å². The first kappa shape index (κ1) is 11.9. The normalized spacial score (nSPS) is 24.6. The summed E-state index contributed by atoms with van der Waals surface area (Å²) in [5.41, 5.74) is 2.18. The summed E-state index contributed by atoms with van der Waals surface area (Å²) in [6, 6.07) is 10.3. The van der Waals surface area contributed by atoms with Gasteiger partial charge in [0.05, 0.1) is 6.04 Å². The highest BCUT2D eigenvalue weighted by Gasteiger charge is 2.36. The zero-order valence-corrected chi connectivity index (χ0v) is 11.2. The molecule has 1 aromatic carbocycles. The molecule has 0 radical (unpaired) electrons. The highest BCUT2D eigenvalue weighted by Crippen LogP contribution is 2.42. The van der Waals surface area contributed by atoms with Crippen molar-refractivity contribution in [3.05, 3.63) is 54.1 Å². The molecule has 0 saturated heterocycles. The molecule has 2 atom stereocenters. The van der Waals surface area contributed by atoms with Crippen LogP contribution in [0.25, 0.3) is 5.57 Å². The maximum absolute atomic E-state index is 10.2. The van der Waals surface area contributed by atoms with Crippen LogP contribution in [0.3, 0.4) is 0 Å². The lowest BCUT2D eigenvalue weighted by atomic mass is 10.0. The summed E-state index contributed by atoms with van der Waals surface area (Å²) in [6.07, 6.45) is 2.49. The third-order valence-electron chi connectivity index (χ3n) is 4.24. The summed E-state index contributed by atoms with van der Waals surface area (Å²) in [4.78, 5) is 4.51. The largest absolute Gasteiger partial charge is 0.385 e. The van der Waals surface area contributed by atoms with Gasteiger partial charge in [-0.25, -0.2) is 9.67 Å². The average molecular weight is 267 g/mol. The number of rotatable bonds is 3. The highest BCUT2D eigenvalue weighted by atomic mass is 16.3. The minimum atomic E-state index is -0.534. The molecule has 20 heavy (non-hydrogen) atoms. The van der Waals surface area contributed by atoms with E-state index in [1.54, 1.807) is 0 Å². The summed E-state index contributed by atoms with van der Waals surface area (Å²) in [6.45, 7) is 4.10. The molecule has 1 fully saturated rings. The van der Waals surface area contributed by atoms with E-state index < -0.39 is 6.10 Å². The Morgan fingerprint density at radius 2 is 2.00 bits per heavy atom. The van der Waals surface area contributed by atoms with Crippen molar-refractivity contribution < 1.29 is 5.11 Å². The van der Waals surface area contributed by atoms with Crippen LogP contribution in [-0.2, 0) is 0 Å². The number of fused-ring (bicyclic) bond motifs is 1. The van der Waals surface area contributed by atoms with Crippen LogP contribution in [0, 0.1) is 5.92 Å². The van der Waals surface area contributed by atoms with E-state index in [4.69, 9.17) is 0 Å². The third kappa shape index (κ3) is 1.79. The molecule has 0 amide bonds. The van der Waals surface area contributed by atoms with Crippen LogP contribution >= 0.6 is 0 Å². The number of allylic oxidation sites excluding steroid dienone is 1. The van der Waals surface area contributed by atoms with Gasteiger partial charge in [-0.1, -0.05) is 36.9 Å². The Hall–Kier alpha value is -1.94. The van der Waals surface area contributed by atoms with E-state index in [1.807, 2.05) is 22.9 Å². The van der Waals surface area contributed by atoms with Gasteiger partial charge in [-0.3, -0.25) is 0 Å². The number of nitrogens with zero attached hydrogens (tertiary/aromatic N) is 3. The first-order valence-corrected chi connectivity index (χ1v) is 7.12. The molecule has 2 unspecified atom stereocenters. The van der Waals surface area contributed by atoms with Gasteiger partial charge in [0.15, 0.2) is 11.6 Å². The first-order chi connectivity index (χ1) is 9.74. The lowest BCUT2D eigenvalue weighted by Gasteiger charge is -2.11. The lowest BCUT2D eigenvalue weighted by Crippen LogP contribution is -2.07. The predicted octanol–water partition coefficient (Wildman–Crippen LogP) is 2.73. The molecule has 1 aliphatic heterocycles. The second-order valence-electron chi connectivity index (χ2n) is 5.72. The van der Waals surface area contributed by atoms with Crippen molar-refractivity contribution in [2.75, 3.05) is 0 Å². The van der Waals surface area contributed by atoms with Crippen molar-refractivity contribution in [2.24, 2.45) is 5.92 Å². The second-order valence-corrected chi connectivity index (χ2v) is 5.72. The average Bonchev–Trinajstić information content (AvgIpc) is 3.15. The smallest absolute Gasteiger partial charge is 0.177 e. The van der Waals surface area contributed by atoms with Gasteiger partial charge in [-0.15, -0.1) is 0 Å². The van der Waals surface area contributed by atoms with Crippen LogP contribution in [0.4, 0.5) is 0 Å². The van der Waals surface area contributed by atoms with Gasteiger partial charge in [0.25, 0.3) is 0 Å². The standard InChI is InChI=1S/C16H17N3O/c1-10(11-7-8-11)15-17-16-14(20)9-13(19(16)18-15)12-5-3-2-4-6-12/h2-6,11,13-14,20H,1,7-9H2. The van der Waals surface area contributed by atoms with E-state index in [0.717, 1.165) is 5.57 Å². The maximum Gasteiger partial charge on any atom is 0.177 e. The molecule has 2 aromatic rings. The fourth-order valence-electron chi connectivity index (χ4n) is 2.91. The van der Waals surface area contributed by atoms with Crippen molar-refractivity contribution in [1.82, 2.24) is 14.8 Å². The second kappa shape index (κ2) is 4.28. The van der Waals surface area contributed by atoms with Crippen LogP contribution in [0.1, 0.15) is 48.6 Å². The summed E-state index contributed by atoms with van der Waals surface area (Å²) in [7, 11) is 0. The van der Waals surface area contributed by atoms with Crippen LogP contribution < -0.4 is 0 Å². The Morgan fingerprint density at radius 1 is 1.25 bits per heavy atom. The molecule has 102 valence electrons. The van der Waals surface area contributed by atoms with Crippen molar-refractivity contribution in [3.63, 3.8) is 0 Å². The number of hydrogen-bond donors (Lipinski definition) is 1. The molecule has 1 aromatic heterocycles. The summed E-state index contributed by atoms with van der Waals surface area (Å²) in [5.74, 6) is 1.93. The van der Waals surface area contributed by atoms with Gasteiger partial charge in [0, 0.05) is 6.42 Å². The Kier molecular flexibility index (Phi) is 2.54. The van der Waals surface area contributed by atoms with Gasteiger partial charge < -0.3 is 5.11 Å². The van der Waals surface area contributed by atoms with E-state index >= 15 is 0 Å². The Bertz CT molecular complexity index is 658. The molecule has 2 heterocycles. The molecule has 1 N–H and O–H groups in total. The Labute approximate surface area is 117 Å². The van der Waals surface area contributed by atoms with Crippen LogP contribution in [-0.4, -0.2) is 19.9 Å². The molecule has 1 aliphatic carbocycles. The molecule has 1 saturated carbocycles. The van der Waals surface area contributed by atoms with Crippen LogP contribution in [0.5, 0.6) is 0 Å². The van der Waals surface area contributed by atoms with E-state index in [-0.39, 0.29) is 6.04 Å². The van der Waals surface area contributed by atoms with Crippen molar-refractivity contribution in [3.8, 4) is 0 Å². The molecule has 2 aliphatic rings. The van der Waals surface area contributed by atoms with Crippen molar-refractivity contribution in [1.29, 1.82) is 0 Å². The van der Waals surface area contributed by atoms with E-state index in [2.05, 4.69) is 28.8 Å². The summed E-state index contributed by atoms with van der Waals surface area (Å²) in [5, 5.41) is 14.8. The predicted molar refractivity (Wildman–Crippen MR) is 75.9 cm³/mol. The molecular weight excluding hydrogens is 250 g/mol. The SMILES string of the molecule is C=C(c1nc2n(n1)C(c1ccccc1)CC2O)C1CC1. The van der Waals surface area contributed by atoms with Crippen molar-refractivity contribution >= 4 is 5.57 Å². The minimum absolute atomic E-state index is 0.0782. The summed E-state index contributed by atoms with van der Waals surface area (Å²) >= 11 is 0. The Balaban J connectivity index is 1.72. The topological polar surface area (TPSA) is 50.9 Å². The Morgan fingerprint density at radius 3 is 2.70 bits per heavy atom. The molecule has 4 rings (SSSR count). The van der Waals surface area contributed by atoms with Gasteiger partial charge in [-0.05, 0) is 29.9 Å². The van der Waals surface area contributed by atoms with Crippen molar-refractivity contribution in [2.45, 2.75) is 31.4 Å². The fraction of sp³-hybridized carbons (Fsp3) is 0.375. The zero-order chi connectivity index (χ0) is 13.7. The number of hydrogen-bond acceptors (Lipinski definition) is 3. The fourth-order valence-corrected chi connectivity index (χ4v) is 2.91. The maximum atomic E-state index is 10.2. The van der Waals surface area contributed by atoms with E-state index in [9.17, 15) is 5.11 Å². The molecule has 4 nitrogen and oxygen atoms in total. The quantitative estimate of drug-likeness (QED) is 0.930. The zero-order valence-electron chi connectivity index (χ0n) is 11.2. The third-order valence-corrected chi connectivity index (χ3v) is 4.24. The molecule has 4 heteroatoms. The number of aromatic nitrogens is 3. The molecule has 0 spiro atoms. The number of aliphatic hydroxyl groups is 1. The van der Waals surface area contributed by atoms with Crippen LogP contribution in [0.2, 0.25) is 0 Å². The van der Waals surface area contributed by atoms with Gasteiger partial charge >= 0.3 is 0 Å². The monoisotopic (exact) mass is 267 g/mol. The minimum Gasteiger partial charge on any atom is -0.385 e. The number of aliphatic hydroxyl groups excluding tert-OH is 1. The van der Waals surface area contributed by atoms with Gasteiger partial charge in [0.1, 0.15) is 6.10 Å². The van der Waals surface area contributed by atoms with Gasteiger partial charge in [-0.2, -0.15) is 5.10 Å². The molecule has 0 bridgehead atoms. The highest BCUT2D eigenvalue weighted by molar-refractivity contribution is 5.61. The first-order valence-electron chi connectivity index (χ1n) is 7.12. The summed E-state index contributed by atoms with van der Waals surface area (Å²) < 4.78 is 1.88. The molecular formula is C16H17N3O. The number of benzene rings is 1. The van der Waals surface area contributed by atoms with Gasteiger partial charge in [0.2, 0.25) is 0 Å².